The van der Waals surface area contributed by atoms with Crippen molar-refractivity contribution in [1.82, 2.24) is 4.57 Å². The zero-order chi connectivity index (χ0) is 18.8. The van der Waals surface area contributed by atoms with Crippen molar-refractivity contribution in [2.75, 3.05) is 12.4 Å². The van der Waals surface area contributed by atoms with Gasteiger partial charge in [0, 0.05) is 10.7 Å². The van der Waals surface area contributed by atoms with Gasteiger partial charge in [0.25, 0.3) is 0 Å². The number of esters is 1. The van der Waals surface area contributed by atoms with Crippen LogP contribution in [0, 0.1) is 6.92 Å². The van der Waals surface area contributed by atoms with Gasteiger partial charge < -0.3 is 14.5 Å². The largest absolute Gasteiger partial charge is 0.465 e. The first kappa shape index (κ1) is 17.8. The molecule has 0 saturated carbocycles. The number of hydrogen-bond donors (Lipinski definition) is 1. The second kappa shape index (κ2) is 7.05. The van der Waals surface area contributed by atoms with E-state index in [0.29, 0.717) is 16.2 Å². The lowest BCUT2D eigenvalue weighted by atomic mass is 10.2. The van der Waals surface area contributed by atoms with Crippen LogP contribution in [0.1, 0.15) is 15.9 Å². The predicted octanol–water partition coefficient (Wildman–Crippen LogP) is 2.98. The number of halogens is 1. The molecule has 0 aliphatic heterocycles. The Morgan fingerprint density at radius 1 is 1.27 bits per heavy atom. The van der Waals surface area contributed by atoms with Crippen molar-refractivity contribution in [3.8, 4) is 0 Å². The number of carbonyl (C=O) groups is 2. The number of nitrogens with zero attached hydrogens (tertiary/aromatic N) is 1. The van der Waals surface area contributed by atoms with Gasteiger partial charge in [-0.3, -0.25) is 9.36 Å². The van der Waals surface area contributed by atoms with Gasteiger partial charge in [-0.15, -0.1) is 0 Å². The van der Waals surface area contributed by atoms with Gasteiger partial charge in [0.1, 0.15) is 6.54 Å². The van der Waals surface area contributed by atoms with Crippen molar-refractivity contribution in [3.63, 3.8) is 0 Å². The molecule has 1 aromatic heterocycles. The fourth-order valence-electron chi connectivity index (χ4n) is 2.54. The third kappa shape index (κ3) is 3.34. The minimum atomic E-state index is -0.694. The smallest absolute Gasteiger partial charge is 0.420 e. The van der Waals surface area contributed by atoms with Crippen LogP contribution in [0.2, 0.25) is 5.02 Å². The van der Waals surface area contributed by atoms with Gasteiger partial charge in [-0.05, 0) is 42.8 Å². The van der Waals surface area contributed by atoms with E-state index >= 15 is 0 Å². The van der Waals surface area contributed by atoms with E-state index in [9.17, 15) is 14.4 Å². The van der Waals surface area contributed by atoms with Crippen molar-refractivity contribution in [2.24, 2.45) is 0 Å². The highest BCUT2D eigenvalue weighted by atomic mass is 35.5. The Balaban J connectivity index is 1.87. The van der Waals surface area contributed by atoms with E-state index in [4.69, 9.17) is 16.0 Å². The highest BCUT2D eigenvalue weighted by Crippen LogP contribution is 2.23. The molecule has 1 heterocycles. The van der Waals surface area contributed by atoms with Gasteiger partial charge in [0.15, 0.2) is 5.58 Å². The number of fused-ring (bicyclic) bond motifs is 1. The van der Waals surface area contributed by atoms with Crippen LogP contribution in [0.5, 0.6) is 0 Å². The van der Waals surface area contributed by atoms with Crippen LogP contribution in [-0.2, 0) is 16.1 Å². The van der Waals surface area contributed by atoms with E-state index in [1.807, 2.05) is 0 Å². The molecule has 0 saturated heterocycles. The summed E-state index contributed by atoms with van der Waals surface area (Å²) in [4.78, 5) is 36.0. The minimum absolute atomic E-state index is 0.199. The first-order chi connectivity index (χ1) is 12.4. The molecule has 1 N–H and O–H groups in total. The maximum Gasteiger partial charge on any atom is 0.420 e. The number of methoxy groups -OCH3 is 1. The summed E-state index contributed by atoms with van der Waals surface area (Å²) in [6.45, 7) is 1.54. The molecule has 8 heteroatoms. The Labute approximate surface area is 153 Å². The van der Waals surface area contributed by atoms with Crippen molar-refractivity contribution < 1.29 is 18.7 Å². The van der Waals surface area contributed by atoms with Crippen LogP contribution in [-0.4, -0.2) is 23.6 Å². The summed E-state index contributed by atoms with van der Waals surface area (Å²) in [5.41, 5.74) is 2.15. The van der Waals surface area contributed by atoms with Crippen LogP contribution < -0.4 is 11.1 Å². The van der Waals surface area contributed by atoms with E-state index in [-0.39, 0.29) is 17.7 Å². The summed E-state index contributed by atoms with van der Waals surface area (Å²) in [5, 5.41) is 3.25. The van der Waals surface area contributed by atoms with Crippen molar-refractivity contribution in [1.29, 1.82) is 0 Å². The molecule has 0 atom stereocenters. The SMILES string of the molecule is COC(=O)c1ccc2c(c1)oc(=O)n2CC(=O)Nc1cccc(Cl)c1C. The van der Waals surface area contributed by atoms with Gasteiger partial charge in [-0.2, -0.15) is 0 Å². The van der Waals surface area contributed by atoms with Gasteiger partial charge in [-0.1, -0.05) is 17.7 Å². The van der Waals surface area contributed by atoms with Gasteiger partial charge >= 0.3 is 11.7 Å². The van der Waals surface area contributed by atoms with E-state index in [2.05, 4.69) is 10.1 Å². The zero-order valence-electron chi connectivity index (χ0n) is 14.0. The number of carbonyl (C=O) groups excluding carboxylic acids is 2. The van der Waals surface area contributed by atoms with Crippen LogP contribution in [0.4, 0.5) is 5.69 Å². The number of anilines is 1. The molecular weight excluding hydrogens is 360 g/mol. The Bertz CT molecular complexity index is 1070. The molecular formula is C18H15ClN2O5. The molecule has 2 aromatic carbocycles. The second-order valence-corrected chi connectivity index (χ2v) is 6.00. The first-order valence-electron chi connectivity index (χ1n) is 7.67. The summed E-state index contributed by atoms with van der Waals surface area (Å²) >= 11 is 6.04. The average molecular weight is 375 g/mol. The van der Waals surface area contributed by atoms with E-state index in [1.54, 1.807) is 25.1 Å². The molecule has 0 fully saturated rings. The monoisotopic (exact) mass is 374 g/mol. The standard InChI is InChI=1S/C18H15ClN2O5/c1-10-12(19)4-3-5-13(10)20-16(22)9-21-14-7-6-11(17(23)25-2)8-15(14)26-18(21)24/h3-8H,9H2,1-2H3,(H,20,22). The van der Waals surface area contributed by atoms with Crippen LogP contribution >= 0.6 is 11.6 Å². The number of rotatable bonds is 4. The fourth-order valence-corrected chi connectivity index (χ4v) is 2.71. The van der Waals surface area contributed by atoms with Crippen molar-refractivity contribution >= 4 is 40.3 Å². The molecule has 0 radical (unpaired) electrons. The molecule has 3 aromatic rings. The lowest BCUT2D eigenvalue weighted by molar-refractivity contribution is -0.116. The maximum absolute atomic E-state index is 12.3. The number of aromatic nitrogens is 1. The maximum atomic E-state index is 12.3. The van der Waals surface area contributed by atoms with Crippen LogP contribution in [0.15, 0.2) is 45.6 Å². The predicted molar refractivity (Wildman–Crippen MR) is 96.6 cm³/mol. The van der Waals surface area contributed by atoms with Gasteiger partial charge in [0.05, 0.1) is 18.2 Å². The highest BCUT2D eigenvalue weighted by Gasteiger charge is 2.16. The summed E-state index contributed by atoms with van der Waals surface area (Å²) in [5.74, 6) is -1.64. The van der Waals surface area contributed by atoms with Gasteiger partial charge in [-0.25, -0.2) is 9.59 Å². The summed E-state index contributed by atoms with van der Waals surface area (Å²) < 4.78 is 10.9. The summed E-state index contributed by atoms with van der Waals surface area (Å²) in [7, 11) is 1.26. The molecule has 26 heavy (non-hydrogen) atoms. The van der Waals surface area contributed by atoms with Crippen LogP contribution in [0.25, 0.3) is 11.1 Å². The summed E-state index contributed by atoms with van der Waals surface area (Å²) in [6, 6.07) is 9.59. The summed E-state index contributed by atoms with van der Waals surface area (Å²) in [6.07, 6.45) is 0. The molecule has 3 rings (SSSR count). The lowest BCUT2D eigenvalue weighted by Gasteiger charge is -2.09. The number of oxazole rings is 1. The molecule has 7 nitrogen and oxygen atoms in total. The van der Waals surface area contributed by atoms with Gasteiger partial charge in [0.2, 0.25) is 5.91 Å². The molecule has 0 bridgehead atoms. The minimum Gasteiger partial charge on any atom is -0.465 e. The lowest BCUT2D eigenvalue weighted by Crippen LogP contribution is -2.25. The van der Waals surface area contributed by atoms with Crippen molar-refractivity contribution in [2.45, 2.75) is 13.5 Å². The Kier molecular flexibility index (Phi) is 4.81. The van der Waals surface area contributed by atoms with Crippen molar-refractivity contribution in [3.05, 3.63) is 63.1 Å². The Morgan fingerprint density at radius 2 is 2.04 bits per heavy atom. The normalized spacial score (nSPS) is 10.7. The van der Waals surface area contributed by atoms with E-state index in [0.717, 1.165) is 5.56 Å². The van der Waals surface area contributed by atoms with E-state index < -0.39 is 17.6 Å². The third-order valence-electron chi connectivity index (χ3n) is 3.93. The number of amides is 1. The molecule has 1 amide bonds. The topological polar surface area (TPSA) is 90.5 Å². The Morgan fingerprint density at radius 3 is 2.77 bits per heavy atom. The molecule has 0 spiro atoms. The number of ether oxygens (including phenoxy) is 1. The fraction of sp³-hybridized carbons (Fsp3) is 0.167. The molecule has 134 valence electrons. The third-order valence-corrected chi connectivity index (χ3v) is 4.34. The molecule has 0 unspecified atom stereocenters. The second-order valence-electron chi connectivity index (χ2n) is 5.59. The molecule has 0 aliphatic carbocycles. The number of hydrogen-bond acceptors (Lipinski definition) is 5. The highest BCUT2D eigenvalue weighted by molar-refractivity contribution is 6.31. The number of nitrogens with one attached hydrogen (secondary N) is 1. The average Bonchev–Trinajstić information content (AvgIpc) is 2.93. The quantitative estimate of drug-likeness (QED) is 0.709. The zero-order valence-corrected chi connectivity index (χ0v) is 14.8. The first-order valence-corrected chi connectivity index (χ1v) is 8.05. The number of benzene rings is 2. The van der Waals surface area contributed by atoms with E-state index in [1.165, 1.54) is 29.9 Å². The Hall–Kier alpha value is -3.06. The van der Waals surface area contributed by atoms with Crippen LogP contribution in [0.3, 0.4) is 0 Å². The molecule has 0 aliphatic rings.